The van der Waals surface area contributed by atoms with Crippen LogP contribution in [0, 0.1) is 0 Å². The van der Waals surface area contributed by atoms with Crippen LogP contribution in [0.3, 0.4) is 0 Å². The van der Waals surface area contributed by atoms with E-state index in [2.05, 4.69) is 60.7 Å². The first-order valence-corrected chi connectivity index (χ1v) is 11.4. The zero-order chi connectivity index (χ0) is 20.8. The molecule has 0 bridgehead atoms. The highest BCUT2D eigenvalue weighted by atomic mass is 32.2. The van der Waals surface area contributed by atoms with Crippen LogP contribution >= 0.6 is 0 Å². The van der Waals surface area contributed by atoms with Gasteiger partial charge in [-0.05, 0) is 35.2 Å². The van der Waals surface area contributed by atoms with E-state index in [-0.39, 0.29) is 5.41 Å². The Morgan fingerprint density at radius 1 is 0.964 bits per heavy atom. The van der Waals surface area contributed by atoms with E-state index >= 15 is 0 Å². The second kappa shape index (κ2) is 9.24. The van der Waals surface area contributed by atoms with E-state index in [0.717, 1.165) is 18.5 Å². The molecule has 5 nitrogen and oxygen atoms in total. The van der Waals surface area contributed by atoms with Gasteiger partial charge in [-0.2, -0.15) is 0 Å². The zero-order valence-electron chi connectivity index (χ0n) is 17.4. The highest BCUT2D eigenvalue weighted by Gasteiger charge is 2.20. The Hall–Kier alpha value is -2.34. The highest BCUT2D eigenvalue weighted by Crippen LogP contribution is 2.22. The summed E-state index contributed by atoms with van der Waals surface area (Å²) in [5.41, 5.74) is 3.57. The Bertz CT molecular complexity index is 900. The molecule has 0 aliphatic rings. The maximum Gasteiger partial charge on any atom is 0.191 e. The molecule has 0 saturated carbocycles. The van der Waals surface area contributed by atoms with E-state index in [1.165, 1.54) is 17.4 Å². The van der Waals surface area contributed by atoms with Crippen molar-refractivity contribution < 1.29 is 8.42 Å². The second-order valence-corrected chi connectivity index (χ2v) is 9.65. The number of benzene rings is 2. The molecule has 2 aromatic rings. The average Bonchev–Trinajstić information content (AvgIpc) is 2.68. The number of nitrogens with zero attached hydrogens (tertiary/aromatic N) is 1. The lowest BCUT2D eigenvalue weighted by atomic mass is 9.84. The van der Waals surface area contributed by atoms with Gasteiger partial charge in [-0.15, -0.1) is 0 Å². The van der Waals surface area contributed by atoms with E-state index in [1.807, 2.05) is 12.1 Å². The number of sulfone groups is 1. The summed E-state index contributed by atoms with van der Waals surface area (Å²) in [5.74, 6) is 0.713. The Kier molecular flexibility index (Phi) is 7.24. The summed E-state index contributed by atoms with van der Waals surface area (Å²) >= 11 is 0. The van der Waals surface area contributed by atoms with Gasteiger partial charge in [0.25, 0.3) is 0 Å². The third-order valence-electron chi connectivity index (χ3n) is 4.88. The first kappa shape index (κ1) is 22.0. The minimum atomic E-state index is -3.17. The summed E-state index contributed by atoms with van der Waals surface area (Å²) in [6.45, 7) is 7.88. The van der Waals surface area contributed by atoms with Crippen LogP contribution in [0.5, 0.6) is 0 Å². The predicted molar refractivity (Wildman–Crippen MR) is 117 cm³/mol. The van der Waals surface area contributed by atoms with Crippen molar-refractivity contribution in [3.05, 3.63) is 65.2 Å². The summed E-state index contributed by atoms with van der Waals surface area (Å²) in [5, 5.41) is 6.66. The minimum Gasteiger partial charge on any atom is -0.356 e. The van der Waals surface area contributed by atoms with Crippen LogP contribution in [0.25, 0.3) is 0 Å². The lowest BCUT2D eigenvalue weighted by Crippen LogP contribution is -2.43. The molecule has 0 amide bonds. The minimum absolute atomic E-state index is 0.0406. The van der Waals surface area contributed by atoms with Gasteiger partial charge < -0.3 is 10.6 Å². The standard InChI is InChI=1S/C22H31N3O2S/c1-6-17-7-11-19(12-8-17)22(2,3)16-25-21(23-4)24-15-18-9-13-20(14-10-18)28(5,26)27/h7-14H,6,15-16H2,1-5H3,(H2,23,24,25). The number of aliphatic imine (C=N–C) groups is 1. The van der Waals surface area contributed by atoms with Crippen LogP contribution in [-0.2, 0) is 28.2 Å². The van der Waals surface area contributed by atoms with Gasteiger partial charge >= 0.3 is 0 Å². The first-order valence-electron chi connectivity index (χ1n) is 9.48. The average molecular weight is 402 g/mol. The number of hydrogen-bond donors (Lipinski definition) is 2. The Labute approximate surface area is 169 Å². The number of rotatable bonds is 7. The van der Waals surface area contributed by atoms with E-state index in [1.54, 1.807) is 19.2 Å². The maximum absolute atomic E-state index is 11.5. The van der Waals surface area contributed by atoms with Crippen LogP contribution < -0.4 is 10.6 Å². The van der Waals surface area contributed by atoms with Crippen molar-refractivity contribution in [2.75, 3.05) is 19.8 Å². The molecule has 28 heavy (non-hydrogen) atoms. The molecule has 0 spiro atoms. The fraction of sp³-hybridized carbons (Fsp3) is 0.409. The quantitative estimate of drug-likeness (QED) is 0.552. The third-order valence-corrected chi connectivity index (χ3v) is 6.00. The lowest BCUT2D eigenvalue weighted by molar-refractivity contribution is 0.508. The van der Waals surface area contributed by atoms with Crippen molar-refractivity contribution in [3.63, 3.8) is 0 Å². The number of guanidine groups is 1. The Morgan fingerprint density at radius 2 is 1.54 bits per heavy atom. The van der Waals surface area contributed by atoms with E-state index < -0.39 is 9.84 Å². The normalized spacial score (nSPS) is 12.7. The molecule has 0 aliphatic heterocycles. The van der Waals surface area contributed by atoms with Crippen molar-refractivity contribution in [2.45, 2.75) is 44.0 Å². The van der Waals surface area contributed by atoms with Crippen molar-refractivity contribution in [1.29, 1.82) is 0 Å². The van der Waals surface area contributed by atoms with Crippen LogP contribution in [0.15, 0.2) is 58.4 Å². The molecule has 0 unspecified atom stereocenters. The molecule has 0 fully saturated rings. The molecule has 0 saturated heterocycles. The van der Waals surface area contributed by atoms with Gasteiger partial charge in [0.1, 0.15) is 0 Å². The van der Waals surface area contributed by atoms with Crippen LogP contribution in [-0.4, -0.2) is 34.2 Å². The highest BCUT2D eigenvalue weighted by molar-refractivity contribution is 7.90. The first-order chi connectivity index (χ1) is 13.2. The molecule has 0 aromatic heterocycles. The van der Waals surface area contributed by atoms with E-state index in [9.17, 15) is 8.42 Å². The lowest BCUT2D eigenvalue weighted by Gasteiger charge is -2.27. The predicted octanol–water partition coefficient (Wildman–Crippen LogP) is 3.30. The van der Waals surface area contributed by atoms with Crippen molar-refractivity contribution >= 4 is 15.8 Å². The van der Waals surface area contributed by atoms with Gasteiger partial charge in [0.15, 0.2) is 15.8 Å². The largest absolute Gasteiger partial charge is 0.356 e. The molecule has 2 rings (SSSR count). The van der Waals surface area contributed by atoms with Gasteiger partial charge in [-0.3, -0.25) is 4.99 Å². The SMILES string of the molecule is CCc1ccc(C(C)(C)CNC(=NC)NCc2ccc(S(C)(=O)=O)cc2)cc1. The molecule has 0 atom stereocenters. The van der Waals surface area contributed by atoms with Crippen LogP contribution in [0.4, 0.5) is 0 Å². The molecule has 0 heterocycles. The van der Waals surface area contributed by atoms with Crippen LogP contribution in [0.2, 0.25) is 0 Å². The second-order valence-electron chi connectivity index (χ2n) is 7.63. The van der Waals surface area contributed by atoms with Gasteiger partial charge in [0.2, 0.25) is 0 Å². The monoisotopic (exact) mass is 401 g/mol. The molecule has 6 heteroatoms. The topological polar surface area (TPSA) is 70.6 Å². The fourth-order valence-corrected chi connectivity index (χ4v) is 3.49. The molecule has 0 radical (unpaired) electrons. The summed E-state index contributed by atoms with van der Waals surface area (Å²) in [4.78, 5) is 4.61. The summed E-state index contributed by atoms with van der Waals surface area (Å²) < 4.78 is 23.1. The van der Waals surface area contributed by atoms with Gasteiger partial charge in [-0.1, -0.05) is 57.2 Å². The number of aryl methyl sites for hydroxylation is 1. The van der Waals surface area contributed by atoms with Gasteiger partial charge in [0.05, 0.1) is 4.90 Å². The van der Waals surface area contributed by atoms with E-state index in [0.29, 0.717) is 17.4 Å². The number of hydrogen-bond acceptors (Lipinski definition) is 3. The summed E-state index contributed by atoms with van der Waals surface area (Å²) in [6.07, 6.45) is 2.25. The fourth-order valence-electron chi connectivity index (χ4n) is 2.86. The van der Waals surface area contributed by atoms with Crippen molar-refractivity contribution in [3.8, 4) is 0 Å². The Morgan fingerprint density at radius 3 is 2.04 bits per heavy atom. The molecule has 152 valence electrons. The molecule has 2 N–H and O–H groups in total. The summed E-state index contributed by atoms with van der Waals surface area (Å²) in [7, 11) is -1.43. The van der Waals surface area contributed by atoms with E-state index in [4.69, 9.17) is 0 Å². The molecular weight excluding hydrogens is 370 g/mol. The Balaban J connectivity index is 1.93. The smallest absolute Gasteiger partial charge is 0.191 e. The molecule has 2 aromatic carbocycles. The third kappa shape index (κ3) is 6.09. The van der Waals surface area contributed by atoms with Gasteiger partial charge in [-0.25, -0.2) is 8.42 Å². The zero-order valence-corrected chi connectivity index (χ0v) is 18.2. The van der Waals surface area contributed by atoms with Gasteiger partial charge in [0, 0.05) is 31.8 Å². The molecular formula is C22H31N3O2S. The summed E-state index contributed by atoms with van der Waals surface area (Å²) in [6, 6.07) is 15.7. The maximum atomic E-state index is 11.5. The van der Waals surface area contributed by atoms with Crippen molar-refractivity contribution in [2.24, 2.45) is 4.99 Å². The molecule has 0 aliphatic carbocycles. The van der Waals surface area contributed by atoms with Crippen LogP contribution in [0.1, 0.15) is 37.5 Å². The number of nitrogens with one attached hydrogen (secondary N) is 2. The van der Waals surface area contributed by atoms with Crippen molar-refractivity contribution in [1.82, 2.24) is 10.6 Å².